The van der Waals surface area contributed by atoms with Gasteiger partial charge in [-0.15, -0.1) is 0 Å². The molecule has 0 bridgehead atoms. The number of nitrogens with one attached hydrogen (secondary N) is 1. The van der Waals surface area contributed by atoms with Crippen LogP contribution in [0, 0.1) is 0 Å². The van der Waals surface area contributed by atoms with Crippen LogP contribution in [0.4, 0.5) is 0 Å². The minimum absolute atomic E-state index is 0.141. The van der Waals surface area contributed by atoms with Crippen molar-refractivity contribution in [3.05, 3.63) is 76.1 Å². The van der Waals surface area contributed by atoms with Gasteiger partial charge >= 0.3 is 0 Å². The summed E-state index contributed by atoms with van der Waals surface area (Å²) in [6, 6.07) is 13.6. The summed E-state index contributed by atoms with van der Waals surface area (Å²) in [6.07, 6.45) is 3.96. The lowest BCUT2D eigenvalue weighted by atomic mass is 9.94. The van der Waals surface area contributed by atoms with Gasteiger partial charge in [0.15, 0.2) is 0 Å². The van der Waals surface area contributed by atoms with E-state index in [-0.39, 0.29) is 6.10 Å². The number of rotatable bonds is 4. The first kappa shape index (κ1) is 19.8. The van der Waals surface area contributed by atoms with Crippen molar-refractivity contribution in [1.82, 2.24) is 5.32 Å². The zero-order valence-electron chi connectivity index (χ0n) is 16.1. The van der Waals surface area contributed by atoms with E-state index in [0.29, 0.717) is 5.02 Å². The maximum atomic E-state index is 6.33. The van der Waals surface area contributed by atoms with Gasteiger partial charge in [0.2, 0.25) is 0 Å². The van der Waals surface area contributed by atoms with Gasteiger partial charge in [0.1, 0.15) is 11.9 Å². The molecule has 0 amide bonds. The van der Waals surface area contributed by atoms with Crippen molar-refractivity contribution < 1.29 is 4.74 Å². The van der Waals surface area contributed by atoms with E-state index in [9.17, 15) is 0 Å². The number of aliphatic imine (C=N–C) groups is 1. The average Bonchev–Trinajstić information content (AvgIpc) is 2.87. The Morgan fingerprint density at radius 3 is 2.64 bits per heavy atom. The number of ether oxygens (including phenoxy) is 1. The van der Waals surface area contributed by atoms with Gasteiger partial charge in [-0.1, -0.05) is 23.7 Å². The third-order valence-corrected chi connectivity index (χ3v) is 4.90. The maximum absolute atomic E-state index is 6.33. The Kier molecular flexibility index (Phi) is 6.26. The fraction of sp³-hybridized carbons (Fsp3) is 0.227. The SMILES string of the molecule is CN=CC(=CN)c1ccc2c(c1)C(Oc1ccc(Cl)cc1)CCN/C2=C(/C)N. The topological polar surface area (TPSA) is 85.7 Å². The van der Waals surface area contributed by atoms with Crippen molar-refractivity contribution in [3.8, 4) is 5.75 Å². The molecule has 28 heavy (non-hydrogen) atoms. The van der Waals surface area contributed by atoms with E-state index in [0.717, 1.165) is 52.4 Å². The standard InChI is InChI=1S/C22H25ClN4O/c1-14(25)22-19-8-3-15(16(12-24)13-26-2)11-20(19)21(9-10-27-22)28-18-6-4-17(23)5-7-18/h3-8,11-13,21,27H,9-10,24-25H2,1-2H3/b16-12?,22-14-,26-13?. The predicted octanol–water partition coefficient (Wildman–Crippen LogP) is 4.10. The molecule has 0 aromatic heterocycles. The van der Waals surface area contributed by atoms with Crippen LogP contribution in [-0.4, -0.2) is 19.8 Å². The van der Waals surface area contributed by atoms with Gasteiger partial charge in [-0.25, -0.2) is 0 Å². The minimum Gasteiger partial charge on any atom is -0.486 e. The smallest absolute Gasteiger partial charge is 0.126 e. The zero-order chi connectivity index (χ0) is 20.1. The summed E-state index contributed by atoms with van der Waals surface area (Å²) in [6.45, 7) is 2.65. The van der Waals surface area contributed by atoms with Gasteiger partial charge in [0, 0.05) is 59.8 Å². The lowest BCUT2D eigenvalue weighted by Gasteiger charge is -2.21. The molecule has 5 N–H and O–H groups in total. The molecule has 3 rings (SSSR count). The van der Waals surface area contributed by atoms with Crippen LogP contribution in [0.5, 0.6) is 5.75 Å². The Morgan fingerprint density at radius 1 is 1.25 bits per heavy atom. The molecule has 0 aliphatic carbocycles. The Morgan fingerprint density at radius 2 is 2.00 bits per heavy atom. The Bertz CT molecular complexity index is 928. The van der Waals surface area contributed by atoms with Gasteiger partial charge < -0.3 is 21.5 Å². The van der Waals surface area contributed by atoms with Crippen LogP contribution < -0.4 is 21.5 Å². The Labute approximate surface area is 170 Å². The third-order valence-electron chi connectivity index (χ3n) is 4.64. The van der Waals surface area contributed by atoms with E-state index in [4.69, 9.17) is 27.8 Å². The highest BCUT2D eigenvalue weighted by molar-refractivity contribution is 6.30. The molecule has 2 aromatic carbocycles. The molecule has 0 fully saturated rings. The lowest BCUT2D eigenvalue weighted by molar-refractivity contribution is 0.197. The van der Waals surface area contributed by atoms with Crippen LogP contribution in [0.25, 0.3) is 11.3 Å². The second kappa shape index (κ2) is 8.85. The molecule has 1 atom stereocenters. The molecular formula is C22H25ClN4O. The number of hydrogen-bond acceptors (Lipinski definition) is 5. The van der Waals surface area contributed by atoms with Crippen molar-refractivity contribution in [2.75, 3.05) is 13.6 Å². The Hall–Kier alpha value is -2.92. The van der Waals surface area contributed by atoms with Crippen molar-refractivity contribution in [1.29, 1.82) is 0 Å². The highest BCUT2D eigenvalue weighted by atomic mass is 35.5. The summed E-state index contributed by atoms with van der Waals surface area (Å²) in [5, 5.41) is 4.12. The number of allylic oxidation sites excluding steroid dienone is 2. The molecule has 146 valence electrons. The number of fused-ring (bicyclic) bond motifs is 1. The van der Waals surface area contributed by atoms with Gasteiger partial charge in [0.25, 0.3) is 0 Å². The van der Waals surface area contributed by atoms with Gasteiger partial charge in [0.05, 0.1) is 5.70 Å². The molecule has 5 nitrogen and oxygen atoms in total. The van der Waals surface area contributed by atoms with Crippen LogP contribution in [0.15, 0.2) is 59.4 Å². The minimum atomic E-state index is -0.141. The molecule has 2 aromatic rings. The number of benzene rings is 2. The van der Waals surface area contributed by atoms with Crippen LogP contribution in [-0.2, 0) is 0 Å². The van der Waals surface area contributed by atoms with Crippen molar-refractivity contribution in [3.63, 3.8) is 0 Å². The van der Waals surface area contributed by atoms with Crippen LogP contribution in [0.3, 0.4) is 0 Å². The summed E-state index contributed by atoms with van der Waals surface area (Å²) in [5.74, 6) is 0.771. The highest BCUT2D eigenvalue weighted by Gasteiger charge is 2.24. The first-order valence-corrected chi connectivity index (χ1v) is 9.52. The molecule has 1 unspecified atom stereocenters. The van der Waals surface area contributed by atoms with Crippen molar-refractivity contribution in [2.45, 2.75) is 19.4 Å². The normalized spacial score (nSPS) is 19.0. The van der Waals surface area contributed by atoms with E-state index >= 15 is 0 Å². The fourth-order valence-corrected chi connectivity index (χ4v) is 3.45. The summed E-state index contributed by atoms with van der Waals surface area (Å²) >= 11 is 6.00. The largest absolute Gasteiger partial charge is 0.486 e. The first-order chi connectivity index (χ1) is 13.5. The predicted molar refractivity (Wildman–Crippen MR) is 117 cm³/mol. The molecular weight excluding hydrogens is 372 g/mol. The lowest BCUT2D eigenvalue weighted by Crippen LogP contribution is -2.16. The molecule has 1 aliphatic heterocycles. The van der Waals surface area contributed by atoms with Crippen LogP contribution in [0.1, 0.15) is 36.1 Å². The van der Waals surface area contributed by atoms with E-state index in [1.54, 1.807) is 19.5 Å². The van der Waals surface area contributed by atoms with Crippen LogP contribution in [0.2, 0.25) is 5.02 Å². The molecule has 1 aliphatic rings. The second-order valence-corrected chi connectivity index (χ2v) is 7.08. The maximum Gasteiger partial charge on any atom is 0.126 e. The van der Waals surface area contributed by atoms with Gasteiger partial charge in [-0.05, 0) is 42.8 Å². The second-order valence-electron chi connectivity index (χ2n) is 6.65. The molecule has 6 heteroatoms. The Balaban J connectivity index is 2.09. The number of hydrogen-bond donors (Lipinski definition) is 3. The number of halogens is 1. The van der Waals surface area contributed by atoms with Crippen molar-refractivity contribution in [2.24, 2.45) is 16.5 Å². The molecule has 0 spiro atoms. The quantitative estimate of drug-likeness (QED) is 0.679. The van der Waals surface area contributed by atoms with E-state index in [1.807, 2.05) is 37.3 Å². The van der Waals surface area contributed by atoms with E-state index in [1.165, 1.54) is 0 Å². The van der Waals surface area contributed by atoms with Gasteiger partial charge in [-0.2, -0.15) is 0 Å². The summed E-state index contributed by atoms with van der Waals surface area (Å²) in [4.78, 5) is 4.09. The number of nitrogens with zero attached hydrogens (tertiary/aromatic N) is 1. The molecule has 0 saturated heterocycles. The molecule has 0 saturated carbocycles. The van der Waals surface area contributed by atoms with Gasteiger partial charge in [-0.3, -0.25) is 4.99 Å². The van der Waals surface area contributed by atoms with E-state index < -0.39 is 0 Å². The highest BCUT2D eigenvalue weighted by Crippen LogP contribution is 2.35. The van der Waals surface area contributed by atoms with E-state index in [2.05, 4.69) is 22.4 Å². The average molecular weight is 397 g/mol. The summed E-state index contributed by atoms with van der Waals surface area (Å²) in [7, 11) is 1.72. The monoisotopic (exact) mass is 396 g/mol. The van der Waals surface area contributed by atoms with Crippen LogP contribution >= 0.6 is 11.6 Å². The third kappa shape index (κ3) is 4.31. The molecule has 1 heterocycles. The number of nitrogens with two attached hydrogens (primary N) is 2. The first-order valence-electron chi connectivity index (χ1n) is 9.14. The molecule has 0 radical (unpaired) electrons. The zero-order valence-corrected chi connectivity index (χ0v) is 16.8. The van der Waals surface area contributed by atoms with Crippen molar-refractivity contribution >= 4 is 29.1 Å². The fourth-order valence-electron chi connectivity index (χ4n) is 3.32. The summed E-state index contributed by atoms with van der Waals surface area (Å²) < 4.78 is 6.33. The summed E-state index contributed by atoms with van der Waals surface area (Å²) in [5.41, 5.74) is 17.5.